The van der Waals surface area contributed by atoms with Crippen LogP contribution in [-0.4, -0.2) is 6.54 Å². The van der Waals surface area contributed by atoms with E-state index in [2.05, 4.69) is 32.0 Å². The molecule has 0 bridgehead atoms. The second-order valence-electron chi connectivity index (χ2n) is 4.57. The van der Waals surface area contributed by atoms with Gasteiger partial charge in [0.2, 0.25) is 0 Å². The fourth-order valence-electron chi connectivity index (χ4n) is 2.36. The highest BCUT2D eigenvalue weighted by Gasteiger charge is 2.25. The van der Waals surface area contributed by atoms with Crippen LogP contribution < -0.4 is 5.32 Å². The summed E-state index contributed by atoms with van der Waals surface area (Å²) < 4.78 is 0. The van der Waals surface area contributed by atoms with Gasteiger partial charge in [-0.05, 0) is 17.9 Å². The van der Waals surface area contributed by atoms with E-state index in [4.69, 9.17) is 0 Å². The molecule has 0 radical (unpaired) electrons. The van der Waals surface area contributed by atoms with Crippen molar-refractivity contribution in [2.24, 2.45) is 11.8 Å². The van der Waals surface area contributed by atoms with Crippen LogP contribution in [-0.2, 0) is 0 Å². The lowest BCUT2D eigenvalue weighted by molar-refractivity contribution is 0.458. The van der Waals surface area contributed by atoms with Gasteiger partial charge < -0.3 is 5.32 Å². The molecule has 1 fully saturated rings. The number of rotatable bonds is 6. The largest absolute Gasteiger partial charge is 0.385 e. The molecular weight excluding hydrogens is 194 g/mol. The normalized spacial score (nSPS) is 25.2. The van der Waals surface area contributed by atoms with Crippen LogP contribution in [0.4, 0.5) is 0 Å². The Morgan fingerprint density at radius 3 is 2.62 bits per heavy atom. The van der Waals surface area contributed by atoms with E-state index in [-0.39, 0.29) is 0 Å². The van der Waals surface area contributed by atoms with Gasteiger partial charge in [0.25, 0.3) is 0 Å². The second kappa shape index (κ2) is 6.37. The van der Waals surface area contributed by atoms with Gasteiger partial charge in [-0.1, -0.05) is 57.7 Å². The topological polar surface area (TPSA) is 12.0 Å². The van der Waals surface area contributed by atoms with Crippen molar-refractivity contribution in [3.8, 4) is 0 Å². The third-order valence-corrected chi connectivity index (χ3v) is 3.42. The van der Waals surface area contributed by atoms with Gasteiger partial charge in [-0.15, -0.1) is 0 Å². The Bertz CT molecular complexity index is 299. The number of hydrogen-bond donors (Lipinski definition) is 1. The molecule has 0 amide bonds. The van der Waals surface area contributed by atoms with Gasteiger partial charge in [-0.2, -0.15) is 0 Å². The zero-order chi connectivity index (χ0) is 12.0. The Balaban J connectivity index is 2.42. The predicted octanol–water partition coefficient (Wildman–Crippen LogP) is 3.82. The lowest BCUT2D eigenvalue weighted by Gasteiger charge is -2.20. The van der Waals surface area contributed by atoms with E-state index >= 15 is 0 Å². The Morgan fingerprint density at radius 1 is 1.38 bits per heavy atom. The maximum atomic E-state index is 4.16. The first kappa shape index (κ1) is 12.8. The Hall–Kier alpha value is -1.24. The molecule has 2 atom stereocenters. The van der Waals surface area contributed by atoms with E-state index in [0.717, 1.165) is 18.0 Å². The zero-order valence-electron chi connectivity index (χ0n) is 10.3. The molecule has 1 nitrogen and oxygen atoms in total. The van der Waals surface area contributed by atoms with E-state index in [1.807, 2.05) is 12.2 Å². The summed E-state index contributed by atoms with van der Waals surface area (Å²) in [5.74, 6) is 1.42. The lowest BCUT2D eigenvalue weighted by atomic mass is 9.95. The standard InChI is InChI=1S/C15H23N/c1-5-8-14(6-2)11-16-13(4)15-10-7-9-12(15)3/h5-6,8,12,15-16H,1-2,4,7,9-11H2,3H3/b14-8+. The highest BCUT2D eigenvalue weighted by atomic mass is 14.9. The fraction of sp³-hybridized carbons (Fsp3) is 0.467. The van der Waals surface area contributed by atoms with Crippen LogP contribution in [0.5, 0.6) is 0 Å². The third-order valence-electron chi connectivity index (χ3n) is 3.42. The van der Waals surface area contributed by atoms with E-state index in [1.165, 1.54) is 25.0 Å². The molecule has 1 aliphatic rings. The van der Waals surface area contributed by atoms with Gasteiger partial charge >= 0.3 is 0 Å². The van der Waals surface area contributed by atoms with Crippen LogP contribution in [0.2, 0.25) is 0 Å². The molecule has 1 aliphatic carbocycles. The van der Waals surface area contributed by atoms with Crippen molar-refractivity contribution in [1.82, 2.24) is 5.32 Å². The third kappa shape index (κ3) is 3.41. The number of hydrogen-bond acceptors (Lipinski definition) is 1. The molecule has 0 spiro atoms. The van der Waals surface area contributed by atoms with Crippen molar-refractivity contribution in [1.29, 1.82) is 0 Å². The molecule has 0 aromatic heterocycles. The molecular formula is C15H23N. The van der Waals surface area contributed by atoms with E-state index in [9.17, 15) is 0 Å². The first-order valence-electron chi connectivity index (χ1n) is 6.05. The minimum absolute atomic E-state index is 0.648. The monoisotopic (exact) mass is 217 g/mol. The number of nitrogens with one attached hydrogen (secondary N) is 1. The Kier molecular flexibility index (Phi) is 5.10. The summed E-state index contributed by atoms with van der Waals surface area (Å²) in [6, 6.07) is 0. The van der Waals surface area contributed by atoms with E-state index < -0.39 is 0 Å². The average molecular weight is 217 g/mol. The first-order valence-corrected chi connectivity index (χ1v) is 6.05. The summed E-state index contributed by atoms with van der Waals surface area (Å²) in [6.45, 7) is 14.8. The average Bonchev–Trinajstić information content (AvgIpc) is 2.70. The highest BCUT2D eigenvalue weighted by molar-refractivity contribution is 5.23. The maximum absolute atomic E-state index is 4.16. The van der Waals surface area contributed by atoms with Gasteiger partial charge in [0.15, 0.2) is 0 Å². The van der Waals surface area contributed by atoms with Crippen molar-refractivity contribution in [3.05, 3.63) is 49.2 Å². The summed E-state index contributed by atoms with van der Waals surface area (Å²) >= 11 is 0. The summed E-state index contributed by atoms with van der Waals surface area (Å²) in [5.41, 5.74) is 2.34. The van der Waals surface area contributed by atoms with Gasteiger partial charge in [0, 0.05) is 18.2 Å². The first-order chi connectivity index (χ1) is 7.69. The second-order valence-corrected chi connectivity index (χ2v) is 4.57. The lowest BCUT2D eigenvalue weighted by Crippen LogP contribution is -2.22. The molecule has 0 aliphatic heterocycles. The summed E-state index contributed by atoms with van der Waals surface area (Å²) in [6.07, 6.45) is 9.58. The molecule has 0 heterocycles. The van der Waals surface area contributed by atoms with Crippen LogP contribution in [0, 0.1) is 11.8 Å². The molecule has 1 saturated carbocycles. The highest BCUT2D eigenvalue weighted by Crippen LogP contribution is 2.34. The van der Waals surface area contributed by atoms with Crippen LogP contribution >= 0.6 is 0 Å². The molecule has 2 unspecified atom stereocenters. The van der Waals surface area contributed by atoms with Crippen LogP contribution in [0.3, 0.4) is 0 Å². The zero-order valence-corrected chi connectivity index (χ0v) is 10.3. The van der Waals surface area contributed by atoms with Gasteiger partial charge in [0.05, 0.1) is 0 Å². The van der Waals surface area contributed by atoms with E-state index in [1.54, 1.807) is 6.08 Å². The summed E-state index contributed by atoms with van der Waals surface area (Å²) in [7, 11) is 0. The van der Waals surface area contributed by atoms with Crippen LogP contribution in [0.25, 0.3) is 0 Å². The summed E-state index contributed by atoms with van der Waals surface area (Å²) in [4.78, 5) is 0. The van der Waals surface area contributed by atoms with Gasteiger partial charge in [0.1, 0.15) is 0 Å². The van der Waals surface area contributed by atoms with Crippen molar-refractivity contribution in [2.45, 2.75) is 26.2 Å². The van der Waals surface area contributed by atoms with Crippen molar-refractivity contribution in [2.75, 3.05) is 6.54 Å². The van der Waals surface area contributed by atoms with Gasteiger partial charge in [-0.25, -0.2) is 0 Å². The van der Waals surface area contributed by atoms with E-state index in [0.29, 0.717) is 5.92 Å². The molecule has 1 heteroatoms. The maximum Gasteiger partial charge on any atom is 0.0397 e. The predicted molar refractivity (Wildman–Crippen MR) is 72.1 cm³/mol. The van der Waals surface area contributed by atoms with Crippen LogP contribution in [0.15, 0.2) is 49.2 Å². The fourth-order valence-corrected chi connectivity index (χ4v) is 2.36. The smallest absolute Gasteiger partial charge is 0.0397 e. The molecule has 0 aromatic rings. The Labute approximate surface area is 99.6 Å². The minimum Gasteiger partial charge on any atom is -0.385 e. The van der Waals surface area contributed by atoms with Crippen LogP contribution in [0.1, 0.15) is 26.2 Å². The van der Waals surface area contributed by atoms with Gasteiger partial charge in [-0.3, -0.25) is 0 Å². The molecule has 16 heavy (non-hydrogen) atoms. The quantitative estimate of drug-likeness (QED) is 0.667. The minimum atomic E-state index is 0.648. The molecule has 1 rings (SSSR count). The number of allylic oxidation sites excluding steroid dienone is 3. The molecule has 1 N–H and O–H groups in total. The van der Waals surface area contributed by atoms with Crippen molar-refractivity contribution < 1.29 is 0 Å². The molecule has 0 aromatic carbocycles. The van der Waals surface area contributed by atoms with Crippen molar-refractivity contribution >= 4 is 0 Å². The molecule has 88 valence electrons. The summed E-state index contributed by atoms with van der Waals surface area (Å²) in [5, 5.41) is 3.41. The van der Waals surface area contributed by atoms with Crippen molar-refractivity contribution in [3.63, 3.8) is 0 Å². The Morgan fingerprint density at radius 2 is 2.12 bits per heavy atom. The SMILES string of the molecule is C=C/C=C(\C=C)CNC(=C)C1CCCC1C. The molecule has 0 saturated heterocycles.